The number of likely N-dealkylation sites (N-methyl/N-ethyl adjacent to an activating group) is 1. The lowest BCUT2D eigenvalue weighted by molar-refractivity contribution is 0.207. The summed E-state index contributed by atoms with van der Waals surface area (Å²) in [6.45, 7) is 9.85. The van der Waals surface area contributed by atoms with E-state index in [4.69, 9.17) is 5.73 Å². The first-order chi connectivity index (χ1) is 12.8. The maximum absolute atomic E-state index is 5.94. The Morgan fingerprint density at radius 2 is 1.12 bits per heavy atom. The molecule has 156 valence electrons. The molecule has 0 saturated heterocycles. The van der Waals surface area contributed by atoms with Crippen LogP contribution in [0.1, 0.15) is 117 Å². The highest BCUT2D eigenvalue weighted by atomic mass is 15.1. The van der Waals surface area contributed by atoms with E-state index in [0.717, 1.165) is 19.6 Å². The highest BCUT2D eigenvalue weighted by molar-refractivity contribution is 4.81. The Bertz CT molecular complexity index is 284. The molecule has 0 amide bonds. The molecule has 0 aliphatic carbocycles. The molecular weight excluding hydrogens is 316 g/mol. The normalized spacial score (nSPS) is 13.1. The van der Waals surface area contributed by atoms with Gasteiger partial charge >= 0.3 is 0 Å². The van der Waals surface area contributed by atoms with Gasteiger partial charge in [0.2, 0.25) is 0 Å². The van der Waals surface area contributed by atoms with Crippen molar-refractivity contribution in [3.8, 4) is 0 Å². The van der Waals surface area contributed by atoms with Crippen LogP contribution in [0.25, 0.3) is 0 Å². The molecule has 0 aliphatic rings. The molecule has 0 spiro atoms. The van der Waals surface area contributed by atoms with Crippen molar-refractivity contribution in [2.75, 3.05) is 19.6 Å². The van der Waals surface area contributed by atoms with E-state index < -0.39 is 0 Å². The van der Waals surface area contributed by atoms with E-state index in [1.165, 1.54) is 96.3 Å². The highest BCUT2D eigenvalue weighted by Crippen LogP contribution is 2.13. The minimum absolute atomic E-state index is 0.599. The summed E-state index contributed by atoms with van der Waals surface area (Å²) in [7, 11) is 0. The summed E-state index contributed by atoms with van der Waals surface area (Å²) in [5.41, 5.74) is 5.94. The summed E-state index contributed by atoms with van der Waals surface area (Å²) in [5.74, 6) is 0. The fourth-order valence-corrected chi connectivity index (χ4v) is 3.82. The zero-order chi connectivity index (χ0) is 19.3. The van der Waals surface area contributed by atoms with Gasteiger partial charge in [0, 0.05) is 12.6 Å². The standard InChI is InChI=1S/C24H50N2/c1-4-7-8-9-10-11-12-13-14-15-16-17-18-19-20-21-22-24(23-25)26(5-2)6-3/h13-14,24H,4-12,15-23,25H2,1-3H3/b14-13-. The van der Waals surface area contributed by atoms with Crippen LogP contribution in [0.2, 0.25) is 0 Å². The summed E-state index contributed by atoms with van der Waals surface area (Å²) < 4.78 is 0. The van der Waals surface area contributed by atoms with E-state index in [1.807, 2.05) is 0 Å². The molecule has 0 rings (SSSR count). The minimum Gasteiger partial charge on any atom is -0.329 e. The molecule has 2 nitrogen and oxygen atoms in total. The first-order valence-corrected chi connectivity index (χ1v) is 11.9. The molecule has 0 heterocycles. The fourth-order valence-electron chi connectivity index (χ4n) is 3.82. The van der Waals surface area contributed by atoms with Crippen molar-refractivity contribution in [3.05, 3.63) is 12.2 Å². The molecule has 1 unspecified atom stereocenters. The van der Waals surface area contributed by atoms with Gasteiger partial charge in [-0.1, -0.05) is 97.1 Å². The number of rotatable bonds is 20. The average molecular weight is 367 g/mol. The van der Waals surface area contributed by atoms with Crippen LogP contribution < -0.4 is 5.73 Å². The van der Waals surface area contributed by atoms with Crippen molar-refractivity contribution in [1.82, 2.24) is 4.90 Å². The van der Waals surface area contributed by atoms with E-state index in [1.54, 1.807) is 0 Å². The molecule has 0 aromatic rings. The molecule has 0 bridgehead atoms. The third-order valence-corrected chi connectivity index (χ3v) is 5.65. The second-order valence-corrected chi connectivity index (χ2v) is 7.84. The van der Waals surface area contributed by atoms with Gasteiger partial charge in [0.25, 0.3) is 0 Å². The number of allylic oxidation sites excluding steroid dienone is 2. The lowest BCUT2D eigenvalue weighted by Gasteiger charge is -2.28. The fraction of sp³-hybridized carbons (Fsp3) is 0.917. The van der Waals surface area contributed by atoms with Gasteiger partial charge in [0.1, 0.15) is 0 Å². The molecule has 2 N–H and O–H groups in total. The summed E-state index contributed by atoms with van der Waals surface area (Å²) in [6, 6.07) is 0.599. The van der Waals surface area contributed by atoms with E-state index in [-0.39, 0.29) is 0 Å². The Kier molecular flexibility index (Phi) is 20.7. The van der Waals surface area contributed by atoms with Crippen LogP contribution in [-0.2, 0) is 0 Å². The maximum Gasteiger partial charge on any atom is 0.0218 e. The molecule has 0 aromatic heterocycles. The van der Waals surface area contributed by atoms with Crippen LogP contribution in [0.5, 0.6) is 0 Å². The molecule has 0 aliphatic heterocycles. The summed E-state index contributed by atoms with van der Waals surface area (Å²) in [6.07, 6.45) is 25.4. The molecule has 0 saturated carbocycles. The quantitative estimate of drug-likeness (QED) is 0.184. The Hall–Kier alpha value is -0.340. The van der Waals surface area contributed by atoms with Gasteiger partial charge in [-0.2, -0.15) is 0 Å². The number of nitrogens with two attached hydrogens (primary N) is 1. The van der Waals surface area contributed by atoms with Crippen LogP contribution in [0, 0.1) is 0 Å². The van der Waals surface area contributed by atoms with E-state index in [0.29, 0.717) is 6.04 Å². The van der Waals surface area contributed by atoms with Crippen LogP contribution >= 0.6 is 0 Å². The second kappa shape index (κ2) is 21.0. The first kappa shape index (κ1) is 25.7. The highest BCUT2D eigenvalue weighted by Gasteiger charge is 2.12. The number of hydrogen-bond acceptors (Lipinski definition) is 2. The third kappa shape index (κ3) is 15.9. The molecule has 26 heavy (non-hydrogen) atoms. The van der Waals surface area contributed by atoms with Crippen molar-refractivity contribution in [1.29, 1.82) is 0 Å². The zero-order valence-corrected chi connectivity index (χ0v) is 18.5. The van der Waals surface area contributed by atoms with Crippen molar-refractivity contribution >= 4 is 0 Å². The van der Waals surface area contributed by atoms with Gasteiger partial charge in [0.15, 0.2) is 0 Å². The van der Waals surface area contributed by atoms with E-state index in [2.05, 4.69) is 37.8 Å². The second-order valence-electron chi connectivity index (χ2n) is 7.84. The summed E-state index contributed by atoms with van der Waals surface area (Å²) in [5, 5.41) is 0. The Morgan fingerprint density at radius 1 is 0.654 bits per heavy atom. The van der Waals surface area contributed by atoms with Crippen LogP contribution in [-0.4, -0.2) is 30.6 Å². The average Bonchev–Trinajstić information content (AvgIpc) is 2.66. The molecule has 0 aromatic carbocycles. The number of unbranched alkanes of at least 4 members (excludes halogenated alkanes) is 12. The maximum atomic E-state index is 5.94. The van der Waals surface area contributed by atoms with Gasteiger partial charge in [0.05, 0.1) is 0 Å². The van der Waals surface area contributed by atoms with Crippen LogP contribution in [0.15, 0.2) is 12.2 Å². The minimum atomic E-state index is 0.599. The Labute approximate surface area is 166 Å². The van der Waals surface area contributed by atoms with Crippen molar-refractivity contribution in [2.24, 2.45) is 5.73 Å². The predicted molar refractivity (Wildman–Crippen MR) is 120 cm³/mol. The molecule has 2 heteroatoms. The summed E-state index contributed by atoms with van der Waals surface area (Å²) >= 11 is 0. The van der Waals surface area contributed by atoms with Crippen molar-refractivity contribution in [2.45, 2.75) is 123 Å². The number of hydrogen-bond donors (Lipinski definition) is 1. The van der Waals surface area contributed by atoms with Crippen molar-refractivity contribution in [3.63, 3.8) is 0 Å². The Morgan fingerprint density at radius 3 is 1.58 bits per heavy atom. The topological polar surface area (TPSA) is 29.3 Å². The van der Waals surface area contributed by atoms with Crippen molar-refractivity contribution < 1.29 is 0 Å². The van der Waals surface area contributed by atoms with Crippen LogP contribution in [0.4, 0.5) is 0 Å². The van der Waals surface area contributed by atoms with E-state index in [9.17, 15) is 0 Å². The van der Waals surface area contributed by atoms with Gasteiger partial charge in [-0.25, -0.2) is 0 Å². The molecular formula is C24H50N2. The van der Waals surface area contributed by atoms with E-state index >= 15 is 0 Å². The SMILES string of the molecule is CCCCCCCC/C=C\CCCCCCCCC(CN)N(CC)CC. The van der Waals surface area contributed by atoms with Gasteiger partial charge in [-0.3, -0.25) is 4.90 Å². The summed E-state index contributed by atoms with van der Waals surface area (Å²) in [4.78, 5) is 2.51. The third-order valence-electron chi connectivity index (χ3n) is 5.65. The van der Waals surface area contributed by atoms with Crippen LogP contribution in [0.3, 0.4) is 0 Å². The molecule has 0 fully saturated rings. The monoisotopic (exact) mass is 366 g/mol. The smallest absolute Gasteiger partial charge is 0.0218 e. The lowest BCUT2D eigenvalue weighted by Crippen LogP contribution is -2.40. The number of nitrogens with zero attached hydrogens (tertiary/aromatic N) is 1. The molecule has 1 atom stereocenters. The van der Waals surface area contributed by atoms with Gasteiger partial charge < -0.3 is 5.73 Å². The van der Waals surface area contributed by atoms with Gasteiger partial charge in [-0.05, 0) is 45.2 Å². The molecule has 0 radical (unpaired) electrons. The lowest BCUT2D eigenvalue weighted by atomic mass is 10.0. The largest absolute Gasteiger partial charge is 0.329 e. The Balaban J connectivity index is 3.34. The predicted octanol–water partition coefficient (Wildman–Crippen LogP) is 7.08. The first-order valence-electron chi connectivity index (χ1n) is 11.9. The van der Waals surface area contributed by atoms with Gasteiger partial charge in [-0.15, -0.1) is 0 Å². The zero-order valence-electron chi connectivity index (χ0n) is 18.5.